The first kappa shape index (κ1) is 17.6. The molecule has 24 heavy (non-hydrogen) atoms. The Labute approximate surface area is 159 Å². The number of nitrogens with zero attached hydrogens (tertiary/aromatic N) is 2. The Hall–Kier alpha value is -1.25. The van der Waals surface area contributed by atoms with Crippen molar-refractivity contribution in [1.29, 1.82) is 0 Å². The first-order valence-corrected chi connectivity index (χ1v) is 9.32. The van der Waals surface area contributed by atoms with Gasteiger partial charge in [-0.1, -0.05) is 0 Å². The van der Waals surface area contributed by atoms with E-state index >= 15 is 0 Å². The lowest BCUT2D eigenvalue weighted by molar-refractivity contribution is 0.220. The van der Waals surface area contributed by atoms with Crippen molar-refractivity contribution in [3.63, 3.8) is 0 Å². The molecule has 3 rings (SSSR count). The fraction of sp³-hybridized carbons (Fsp3) is 0.353. The number of piperazine rings is 1. The quantitative estimate of drug-likeness (QED) is 0.562. The third kappa shape index (κ3) is 4.04. The van der Waals surface area contributed by atoms with Crippen LogP contribution in [0.25, 0.3) is 0 Å². The fourth-order valence-corrected chi connectivity index (χ4v) is 3.27. The standard InChI is InChI=1S/C17H18ClIN2O3/c18-10-14-9-15(22)17(23)16(24-14)11-20-5-7-21(8-6-20)13-3-1-12(19)2-4-13/h1-4,9,23H,5-8,10-11H2. The van der Waals surface area contributed by atoms with Crippen LogP contribution >= 0.6 is 34.2 Å². The lowest BCUT2D eigenvalue weighted by Gasteiger charge is -2.35. The molecule has 0 bridgehead atoms. The van der Waals surface area contributed by atoms with Gasteiger partial charge in [0, 0.05) is 41.5 Å². The van der Waals surface area contributed by atoms with Gasteiger partial charge in [-0.25, -0.2) is 0 Å². The molecule has 1 saturated heterocycles. The molecule has 0 amide bonds. The van der Waals surface area contributed by atoms with Crippen LogP contribution in [0.5, 0.6) is 5.75 Å². The molecule has 0 radical (unpaired) electrons. The van der Waals surface area contributed by atoms with Crippen molar-refractivity contribution in [2.75, 3.05) is 31.1 Å². The van der Waals surface area contributed by atoms with Crippen LogP contribution in [-0.4, -0.2) is 36.2 Å². The van der Waals surface area contributed by atoms with E-state index in [1.807, 2.05) is 0 Å². The highest BCUT2D eigenvalue weighted by Gasteiger charge is 2.20. The van der Waals surface area contributed by atoms with Crippen LogP contribution in [0, 0.1) is 3.57 Å². The summed E-state index contributed by atoms with van der Waals surface area (Å²) < 4.78 is 6.75. The van der Waals surface area contributed by atoms with Crippen molar-refractivity contribution in [2.45, 2.75) is 12.4 Å². The second-order valence-corrected chi connectivity index (χ2v) is 7.23. The molecule has 2 heterocycles. The monoisotopic (exact) mass is 460 g/mol. The zero-order valence-corrected chi connectivity index (χ0v) is 16.0. The zero-order valence-electron chi connectivity index (χ0n) is 13.0. The molecular weight excluding hydrogens is 443 g/mol. The lowest BCUT2D eigenvalue weighted by Crippen LogP contribution is -2.46. The van der Waals surface area contributed by atoms with E-state index in [2.05, 4.69) is 56.7 Å². The average Bonchev–Trinajstić information content (AvgIpc) is 2.60. The second kappa shape index (κ2) is 7.76. The topological polar surface area (TPSA) is 56.9 Å². The molecule has 5 nitrogen and oxygen atoms in total. The van der Waals surface area contributed by atoms with E-state index in [4.69, 9.17) is 16.0 Å². The Morgan fingerprint density at radius 2 is 1.83 bits per heavy atom. The maximum absolute atomic E-state index is 11.7. The van der Waals surface area contributed by atoms with Gasteiger partial charge in [-0.2, -0.15) is 0 Å². The number of rotatable bonds is 4. The van der Waals surface area contributed by atoms with Crippen LogP contribution in [0.15, 0.2) is 39.5 Å². The molecule has 1 aromatic heterocycles. The van der Waals surface area contributed by atoms with Gasteiger partial charge in [0.2, 0.25) is 11.2 Å². The molecule has 1 fully saturated rings. The van der Waals surface area contributed by atoms with E-state index in [-0.39, 0.29) is 11.6 Å². The van der Waals surface area contributed by atoms with Crippen LogP contribution in [0.1, 0.15) is 11.5 Å². The minimum Gasteiger partial charge on any atom is -0.502 e. The number of benzene rings is 1. The average molecular weight is 461 g/mol. The third-order valence-corrected chi connectivity index (χ3v) is 5.09. The lowest BCUT2D eigenvalue weighted by atomic mass is 10.2. The summed E-state index contributed by atoms with van der Waals surface area (Å²) in [5, 5.41) is 9.92. The van der Waals surface area contributed by atoms with Gasteiger partial charge in [0.1, 0.15) is 5.76 Å². The summed E-state index contributed by atoms with van der Waals surface area (Å²) in [5.74, 6) is 0.472. The highest BCUT2D eigenvalue weighted by atomic mass is 127. The Morgan fingerprint density at radius 3 is 2.46 bits per heavy atom. The van der Waals surface area contributed by atoms with Gasteiger partial charge in [0.15, 0.2) is 5.76 Å². The van der Waals surface area contributed by atoms with E-state index < -0.39 is 5.43 Å². The van der Waals surface area contributed by atoms with Gasteiger partial charge < -0.3 is 14.4 Å². The van der Waals surface area contributed by atoms with Crippen LogP contribution in [0.3, 0.4) is 0 Å². The Morgan fingerprint density at radius 1 is 1.17 bits per heavy atom. The molecular formula is C17H18ClIN2O3. The summed E-state index contributed by atoms with van der Waals surface area (Å²) >= 11 is 8.03. The number of aromatic hydroxyl groups is 1. The van der Waals surface area contributed by atoms with E-state index in [0.29, 0.717) is 18.1 Å². The summed E-state index contributed by atoms with van der Waals surface area (Å²) in [6, 6.07) is 9.71. The van der Waals surface area contributed by atoms with Crippen molar-refractivity contribution < 1.29 is 9.52 Å². The molecule has 0 unspecified atom stereocenters. The van der Waals surface area contributed by atoms with Gasteiger partial charge in [-0.15, -0.1) is 11.6 Å². The van der Waals surface area contributed by atoms with Gasteiger partial charge in [0.25, 0.3) is 0 Å². The maximum Gasteiger partial charge on any atom is 0.227 e. The predicted molar refractivity (Wildman–Crippen MR) is 103 cm³/mol. The summed E-state index contributed by atoms with van der Waals surface area (Å²) in [4.78, 5) is 16.2. The van der Waals surface area contributed by atoms with Crippen molar-refractivity contribution >= 4 is 39.9 Å². The third-order valence-electron chi connectivity index (χ3n) is 4.11. The molecule has 1 aliphatic rings. The molecule has 1 aliphatic heterocycles. The molecule has 0 atom stereocenters. The van der Waals surface area contributed by atoms with Crippen molar-refractivity contribution in [2.24, 2.45) is 0 Å². The number of hydrogen-bond acceptors (Lipinski definition) is 5. The Balaban J connectivity index is 1.64. The van der Waals surface area contributed by atoms with Crippen LogP contribution in [0.2, 0.25) is 0 Å². The first-order chi connectivity index (χ1) is 11.6. The molecule has 0 saturated carbocycles. The van der Waals surface area contributed by atoms with E-state index in [1.54, 1.807) is 0 Å². The van der Waals surface area contributed by atoms with E-state index in [0.717, 1.165) is 26.2 Å². The molecule has 1 N–H and O–H groups in total. The predicted octanol–water partition coefficient (Wildman–Crippen LogP) is 3.01. The Kier molecular flexibility index (Phi) is 5.68. The highest BCUT2D eigenvalue weighted by molar-refractivity contribution is 14.1. The number of halogens is 2. The summed E-state index contributed by atoms with van der Waals surface area (Å²) in [7, 11) is 0. The summed E-state index contributed by atoms with van der Waals surface area (Å²) in [5.41, 5.74) is 0.776. The van der Waals surface area contributed by atoms with Gasteiger partial charge in [-0.3, -0.25) is 9.69 Å². The highest BCUT2D eigenvalue weighted by Crippen LogP contribution is 2.21. The normalized spacial score (nSPS) is 15.7. The fourth-order valence-electron chi connectivity index (χ4n) is 2.78. The zero-order chi connectivity index (χ0) is 17.1. The molecule has 7 heteroatoms. The van der Waals surface area contributed by atoms with Gasteiger partial charge in [0.05, 0.1) is 12.4 Å². The van der Waals surface area contributed by atoms with Crippen LogP contribution < -0.4 is 10.3 Å². The minimum atomic E-state index is -0.440. The largest absolute Gasteiger partial charge is 0.502 e. The van der Waals surface area contributed by atoms with Crippen LogP contribution in [0.4, 0.5) is 5.69 Å². The number of anilines is 1. The van der Waals surface area contributed by atoms with Gasteiger partial charge >= 0.3 is 0 Å². The first-order valence-electron chi connectivity index (χ1n) is 7.70. The molecule has 2 aromatic rings. The Bertz CT molecular complexity index is 755. The van der Waals surface area contributed by atoms with Crippen molar-refractivity contribution in [3.8, 4) is 5.75 Å². The minimum absolute atomic E-state index is 0.114. The SMILES string of the molecule is O=c1cc(CCl)oc(CN2CCN(c3ccc(I)cc3)CC2)c1O. The maximum atomic E-state index is 11.7. The molecule has 0 aliphatic carbocycles. The molecule has 1 aromatic carbocycles. The number of alkyl halides is 1. The molecule has 0 spiro atoms. The van der Waals surface area contributed by atoms with E-state index in [1.165, 1.54) is 15.3 Å². The van der Waals surface area contributed by atoms with Crippen LogP contribution in [-0.2, 0) is 12.4 Å². The van der Waals surface area contributed by atoms with Crippen molar-refractivity contribution in [3.05, 3.63) is 55.6 Å². The summed E-state index contributed by atoms with van der Waals surface area (Å²) in [6.45, 7) is 3.86. The smallest absolute Gasteiger partial charge is 0.227 e. The molecule has 128 valence electrons. The second-order valence-electron chi connectivity index (χ2n) is 5.72. The van der Waals surface area contributed by atoms with Crippen molar-refractivity contribution in [1.82, 2.24) is 4.90 Å². The van der Waals surface area contributed by atoms with E-state index in [9.17, 15) is 9.90 Å². The summed E-state index contributed by atoms with van der Waals surface area (Å²) in [6.07, 6.45) is 0. The number of hydrogen-bond donors (Lipinski definition) is 1. The van der Waals surface area contributed by atoms with Gasteiger partial charge in [-0.05, 0) is 46.9 Å².